The Bertz CT molecular complexity index is 1570. The first kappa shape index (κ1) is 29.6. The SMILES string of the molecule is NC(=O)C(Cc1ccc2ccccc2c1)NC(=O)Nc1ccc(N2CCNCC2)c(NC(=O)CCCc2ccccc2)c1. The molecule has 1 unspecified atom stereocenters. The summed E-state index contributed by atoms with van der Waals surface area (Å²) in [5, 5.41) is 14.1. The highest BCUT2D eigenvalue weighted by atomic mass is 16.2. The van der Waals surface area contributed by atoms with Gasteiger partial charge in [-0.15, -0.1) is 0 Å². The number of benzene rings is 4. The molecule has 5 rings (SSSR count). The van der Waals surface area contributed by atoms with E-state index in [-0.39, 0.29) is 12.3 Å². The fourth-order valence-corrected chi connectivity index (χ4v) is 5.36. The van der Waals surface area contributed by atoms with Crippen molar-refractivity contribution in [2.75, 3.05) is 41.7 Å². The van der Waals surface area contributed by atoms with E-state index in [0.29, 0.717) is 17.8 Å². The van der Waals surface area contributed by atoms with Gasteiger partial charge in [0.15, 0.2) is 0 Å². The quantitative estimate of drug-likeness (QED) is 0.180. The highest BCUT2D eigenvalue weighted by Gasteiger charge is 2.20. The van der Waals surface area contributed by atoms with Crippen LogP contribution >= 0.6 is 0 Å². The Morgan fingerprint density at radius 3 is 2.33 bits per heavy atom. The average Bonchev–Trinajstić information content (AvgIpc) is 3.02. The summed E-state index contributed by atoms with van der Waals surface area (Å²) in [6, 6.07) is 28.0. The minimum Gasteiger partial charge on any atom is -0.368 e. The van der Waals surface area contributed by atoms with E-state index in [4.69, 9.17) is 5.73 Å². The minimum absolute atomic E-state index is 0.0851. The van der Waals surface area contributed by atoms with Crippen molar-refractivity contribution < 1.29 is 14.4 Å². The van der Waals surface area contributed by atoms with Crippen LogP contribution in [0.5, 0.6) is 0 Å². The van der Waals surface area contributed by atoms with Gasteiger partial charge in [-0.2, -0.15) is 0 Å². The van der Waals surface area contributed by atoms with Gasteiger partial charge in [-0.1, -0.05) is 72.8 Å². The molecule has 9 heteroatoms. The van der Waals surface area contributed by atoms with Crippen molar-refractivity contribution in [2.45, 2.75) is 31.7 Å². The standard InChI is InChI=1S/C34H38N6O3/c35-33(42)30(22-25-13-14-26-10-4-5-11-27(26)21-25)39-34(43)37-28-15-16-31(40-19-17-36-18-20-40)29(23-28)38-32(41)12-6-9-24-7-2-1-3-8-24/h1-5,7-8,10-11,13-16,21,23,30,36H,6,9,12,17-20,22H2,(H2,35,42)(H,38,41)(H2,37,39,43). The number of urea groups is 1. The van der Waals surface area contributed by atoms with E-state index in [2.05, 4.69) is 38.3 Å². The van der Waals surface area contributed by atoms with Gasteiger partial charge >= 0.3 is 6.03 Å². The first-order valence-electron chi connectivity index (χ1n) is 14.7. The maximum absolute atomic E-state index is 13.0. The second-order valence-corrected chi connectivity index (χ2v) is 10.8. The van der Waals surface area contributed by atoms with E-state index in [1.54, 1.807) is 12.1 Å². The average molecular weight is 579 g/mol. The number of aryl methyl sites for hydroxylation is 1. The Hall–Kier alpha value is -4.89. The number of nitrogens with zero attached hydrogens (tertiary/aromatic N) is 1. The third kappa shape index (κ3) is 8.33. The Morgan fingerprint density at radius 2 is 1.56 bits per heavy atom. The first-order valence-corrected chi connectivity index (χ1v) is 14.7. The van der Waals surface area contributed by atoms with Crippen LogP contribution in [-0.4, -0.2) is 50.1 Å². The van der Waals surface area contributed by atoms with Gasteiger partial charge in [0.2, 0.25) is 11.8 Å². The van der Waals surface area contributed by atoms with Crippen molar-refractivity contribution in [1.29, 1.82) is 0 Å². The molecule has 1 aliphatic heterocycles. The lowest BCUT2D eigenvalue weighted by Crippen LogP contribution is -2.47. The zero-order valence-corrected chi connectivity index (χ0v) is 24.1. The smallest absolute Gasteiger partial charge is 0.319 e. The molecule has 0 saturated carbocycles. The number of carbonyl (C=O) groups is 3. The van der Waals surface area contributed by atoms with Gasteiger partial charge in [0.25, 0.3) is 0 Å². The molecule has 222 valence electrons. The summed E-state index contributed by atoms with van der Waals surface area (Å²) in [5.41, 5.74) is 9.77. The summed E-state index contributed by atoms with van der Waals surface area (Å²) in [5.74, 6) is -0.709. The number of primary amides is 1. The maximum atomic E-state index is 13.0. The van der Waals surface area contributed by atoms with Gasteiger partial charge < -0.3 is 31.9 Å². The van der Waals surface area contributed by atoms with Gasteiger partial charge in [0.05, 0.1) is 11.4 Å². The highest BCUT2D eigenvalue weighted by molar-refractivity contribution is 5.98. The van der Waals surface area contributed by atoms with Crippen LogP contribution in [0.4, 0.5) is 21.9 Å². The van der Waals surface area contributed by atoms with Crippen molar-refractivity contribution in [1.82, 2.24) is 10.6 Å². The fraction of sp³-hybridized carbons (Fsp3) is 0.265. The zero-order valence-electron chi connectivity index (χ0n) is 24.1. The number of hydrogen-bond donors (Lipinski definition) is 5. The molecule has 0 radical (unpaired) electrons. The third-order valence-corrected chi connectivity index (χ3v) is 7.60. The largest absolute Gasteiger partial charge is 0.368 e. The van der Waals surface area contributed by atoms with E-state index in [0.717, 1.165) is 61.0 Å². The molecule has 6 N–H and O–H groups in total. The number of nitrogens with one attached hydrogen (secondary N) is 4. The van der Waals surface area contributed by atoms with Gasteiger partial charge in [-0.25, -0.2) is 4.79 Å². The molecular weight excluding hydrogens is 540 g/mol. The number of fused-ring (bicyclic) bond motifs is 1. The molecule has 0 aliphatic carbocycles. The van der Waals surface area contributed by atoms with Gasteiger partial charge in [0.1, 0.15) is 6.04 Å². The summed E-state index contributed by atoms with van der Waals surface area (Å²) >= 11 is 0. The second-order valence-electron chi connectivity index (χ2n) is 10.8. The van der Waals surface area contributed by atoms with E-state index in [1.165, 1.54) is 5.56 Å². The maximum Gasteiger partial charge on any atom is 0.319 e. The Balaban J connectivity index is 1.24. The van der Waals surface area contributed by atoms with Crippen LogP contribution in [0.25, 0.3) is 10.8 Å². The third-order valence-electron chi connectivity index (χ3n) is 7.60. The lowest BCUT2D eigenvalue weighted by atomic mass is 10.0. The van der Waals surface area contributed by atoms with Crippen molar-refractivity contribution >= 4 is 45.7 Å². The summed E-state index contributed by atoms with van der Waals surface area (Å²) in [7, 11) is 0. The van der Waals surface area contributed by atoms with Gasteiger partial charge in [-0.05, 0) is 52.9 Å². The normalized spacial score (nSPS) is 13.7. The van der Waals surface area contributed by atoms with Crippen LogP contribution in [-0.2, 0) is 22.4 Å². The van der Waals surface area contributed by atoms with E-state index < -0.39 is 18.0 Å². The van der Waals surface area contributed by atoms with Crippen molar-refractivity contribution in [3.8, 4) is 0 Å². The van der Waals surface area contributed by atoms with Crippen LogP contribution in [0.1, 0.15) is 24.0 Å². The van der Waals surface area contributed by atoms with Gasteiger partial charge in [0, 0.05) is 44.7 Å². The number of carbonyl (C=O) groups excluding carboxylic acids is 3. The number of anilines is 3. The summed E-state index contributed by atoms with van der Waals surface area (Å²) < 4.78 is 0. The number of nitrogens with two attached hydrogens (primary N) is 1. The van der Waals surface area contributed by atoms with Crippen LogP contribution < -0.4 is 31.9 Å². The highest BCUT2D eigenvalue weighted by Crippen LogP contribution is 2.30. The van der Waals surface area contributed by atoms with Crippen molar-refractivity contribution in [3.63, 3.8) is 0 Å². The monoisotopic (exact) mass is 578 g/mol. The predicted octanol–water partition coefficient (Wildman–Crippen LogP) is 4.43. The Labute approximate surface area is 251 Å². The topological polar surface area (TPSA) is 129 Å². The molecule has 4 amide bonds. The van der Waals surface area contributed by atoms with E-state index >= 15 is 0 Å². The number of rotatable bonds is 11. The van der Waals surface area contributed by atoms with E-state index in [1.807, 2.05) is 66.7 Å². The van der Waals surface area contributed by atoms with Crippen LogP contribution in [0.15, 0.2) is 91.0 Å². The number of hydrogen-bond acceptors (Lipinski definition) is 5. The van der Waals surface area contributed by atoms with Crippen LogP contribution in [0, 0.1) is 0 Å². The molecule has 1 aliphatic rings. The van der Waals surface area contributed by atoms with E-state index in [9.17, 15) is 14.4 Å². The van der Waals surface area contributed by atoms with Crippen molar-refractivity contribution in [3.05, 3.63) is 102 Å². The molecular formula is C34H38N6O3. The molecule has 0 bridgehead atoms. The molecule has 43 heavy (non-hydrogen) atoms. The molecule has 1 atom stereocenters. The first-order chi connectivity index (χ1) is 20.9. The molecule has 4 aromatic rings. The minimum atomic E-state index is -0.898. The molecule has 9 nitrogen and oxygen atoms in total. The molecule has 0 spiro atoms. The lowest BCUT2D eigenvalue weighted by Gasteiger charge is -2.31. The lowest BCUT2D eigenvalue weighted by molar-refractivity contribution is -0.119. The zero-order chi connectivity index (χ0) is 30.0. The fourth-order valence-electron chi connectivity index (χ4n) is 5.36. The summed E-state index contributed by atoms with van der Waals surface area (Å²) in [6.07, 6.45) is 2.19. The van der Waals surface area contributed by atoms with Gasteiger partial charge in [-0.3, -0.25) is 9.59 Å². The molecule has 1 heterocycles. The van der Waals surface area contributed by atoms with Crippen molar-refractivity contribution in [2.24, 2.45) is 5.73 Å². The molecule has 1 saturated heterocycles. The Morgan fingerprint density at radius 1 is 0.814 bits per heavy atom. The summed E-state index contributed by atoms with van der Waals surface area (Å²) in [4.78, 5) is 40.4. The second kappa shape index (κ2) is 14.3. The molecule has 0 aromatic heterocycles. The predicted molar refractivity (Wildman–Crippen MR) is 172 cm³/mol. The number of amides is 4. The van der Waals surface area contributed by atoms with Crippen LogP contribution in [0.3, 0.4) is 0 Å². The molecule has 1 fully saturated rings. The van der Waals surface area contributed by atoms with Crippen LogP contribution in [0.2, 0.25) is 0 Å². The Kier molecular flexibility index (Phi) is 9.86. The molecule has 4 aromatic carbocycles. The summed E-state index contributed by atoms with van der Waals surface area (Å²) in [6.45, 7) is 3.30. The number of piperazine rings is 1.